The van der Waals surface area contributed by atoms with Crippen molar-refractivity contribution in [2.24, 2.45) is 5.92 Å². The minimum Gasteiger partial charge on any atom is -0.479 e. The maximum absolute atomic E-state index is 14.4. The van der Waals surface area contributed by atoms with Gasteiger partial charge in [0.1, 0.15) is 0 Å². The van der Waals surface area contributed by atoms with Crippen LogP contribution in [0.5, 0.6) is 5.75 Å². The lowest BCUT2D eigenvalue weighted by molar-refractivity contribution is -0.142. The van der Waals surface area contributed by atoms with Gasteiger partial charge in [-0.3, -0.25) is 4.79 Å². The van der Waals surface area contributed by atoms with Gasteiger partial charge < -0.3 is 14.0 Å². The summed E-state index contributed by atoms with van der Waals surface area (Å²) in [6.45, 7) is 0.478. The standard InChI is InChI=1S/C20H21FN2O6S/c1-28-20(25)12-29-18-6-5-15(8-16(18)21)30(26,27)22-9-13-7-14(11-22)17-3-2-4-19(24)23(17)10-13/h2-6,8,13-14H,7,9-12H2,1H3/t13-,14+/m1/s1. The van der Waals surface area contributed by atoms with Crippen LogP contribution in [-0.2, 0) is 26.1 Å². The number of methoxy groups -OCH3 is 1. The van der Waals surface area contributed by atoms with Crippen molar-refractivity contribution >= 4 is 16.0 Å². The maximum Gasteiger partial charge on any atom is 0.343 e. The fourth-order valence-corrected chi connectivity index (χ4v) is 5.73. The van der Waals surface area contributed by atoms with E-state index in [1.807, 2.05) is 6.07 Å². The number of esters is 1. The third kappa shape index (κ3) is 3.72. The number of pyridine rings is 1. The Kier molecular flexibility index (Phi) is 5.37. The lowest BCUT2D eigenvalue weighted by atomic mass is 9.84. The summed E-state index contributed by atoms with van der Waals surface area (Å²) >= 11 is 0. The van der Waals surface area contributed by atoms with Gasteiger partial charge in [0, 0.05) is 37.3 Å². The van der Waals surface area contributed by atoms with Gasteiger partial charge in [-0.1, -0.05) is 6.07 Å². The molecule has 8 nitrogen and oxygen atoms in total. The molecule has 2 bridgehead atoms. The van der Waals surface area contributed by atoms with E-state index in [1.165, 1.54) is 29.6 Å². The molecule has 4 rings (SSSR count). The van der Waals surface area contributed by atoms with Crippen molar-refractivity contribution in [2.75, 3.05) is 26.8 Å². The second-order valence-corrected chi connectivity index (χ2v) is 9.42. The summed E-state index contributed by atoms with van der Waals surface area (Å²) in [6.07, 6.45) is 0.810. The van der Waals surface area contributed by atoms with E-state index in [0.29, 0.717) is 6.54 Å². The second-order valence-electron chi connectivity index (χ2n) is 7.48. The Balaban J connectivity index is 1.57. The van der Waals surface area contributed by atoms with Crippen LogP contribution in [0, 0.1) is 11.7 Å². The van der Waals surface area contributed by atoms with Crippen LogP contribution >= 0.6 is 0 Å². The Labute approximate surface area is 172 Å². The summed E-state index contributed by atoms with van der Waals surface area (Å²) in [5.41, 5.74) is 0.750. The number of piperidine rings is 1. The van der Waals surface area contributed by atoms with Gasteiger partial charge in [0.2, 0.25) is 10.0 Å². The van der Waals surface area contributed by atoms with Crippen LogP contribution in [0.2, 0.25) is 0 Å². The van der Waals surface area contributed by atoms with Gasteiger partial charge in [-0.2, -0.15) is 4.31 Å². The van der Waals surface area contributed by atoms with Crippen molar-refractivity contribution in [3.05, 3.63) is 58.3 Å². The van der Waals surface area contributed by atoms with E-state index >= 15 is 0 Å². The molecular weight excluding hydrogens is 415 g/mol. The van der Waals surface area contributed by atoms with Crippen LogP contribution in [0.25, 0.3) is 0 Å². The van der Waals surface area contributed by atoms with E-state index < -0.39 is 28.4 Å². The largest absolute Gasteiger partial charge is 0.479 e. The topological polar surface area (TPSA) is 94.9 Å². The number of sulfonamides is 1. The van der Waals surface area contributed by atoms with Crippen LogP contribution in [-0.4, -0.2) is 50.1 Å². The molecule has 0 amide bonds. The van der Waals surface area contributed by atoms with Crippen LogP contribution in [0.1, 0.15) is 18.0 Å². The lowest BCUT2D eigenvalue weighted by Gasteiger charge is -2.42. The Morgan fingerprint density at radius 2 is 2.00 bits per heavy atom. The predicted molar refractivity (Wildman–Crippen MR) is 104 cm³/mol. The highest BCUT2D eigenvalue weighted by molar-refractivity contribution is 7.89. The SMILES string of the molecule is COC(=O)COc1ccc(S(=O)(=O)N2C[C@H]3C[C@@H](C2)c2cccc(=O)n2C3)cc1F. The van der Waals surface area contributed by atoms with Gasteiger partial charge in [0.25, 0.3) is 5.56 Å². The fourth-order valence-electron chi connectivity index (χ4n) is 4.15. The molecule has 1 saturated heterocycles. The number of rotatable bonds is 5. The molecule has 1 aromatic carbocycles. The first-order chi connectivity index (χ1) is 14.3. The first kappa shape index (κ1) is 20.5. The van der Waals surface area contributed by atoms with E-state index in [1.54, 1.807) is 10.6 Å². The third-order valence-electron chi connectivity index (χ3n) is 5.56. The third-order valence-corrected chi connectivity index (χ3v) is 7.39. The molecule has 30 heavy (non-hydrogen) atoms. The molecule has 2 atom stereocenters. The average molecular weight is 436 g/mol. The summed E-state index contributed by atoms with van der Waals surface area (Å²) in [5, 5.41) is 0. The number of carbonyl (C=O) groups is 1. The van der Waals surface area contributed by atoms with Gasteiger partial charge in [0.15, 0.2) is 18.2 Å². The summed E-state index contributed by atoms with van der Waals surface area (Å²) in [6, 6.07) is 8.38. The van der Waals surface area contributed by atoms with Gasteiger partial charge in [0.05, 0.1) is 12.0 Å². The summed E-state index contributed by atoms with van der Waals surface area (Å²) in [7, 11) is -2.75. The molecule has 0 aliphatic carbocycles. The smallest absolute Gasteiger partial charge is 0.343 e. The van der Waals surface area contributed by atoms with Crippen molar-refractivity contribution < 1.29 is 27.1 Å². The van der Waals surface area contributed by atoms with Crippen molar-refractivity contribution in [3.8, 4) is 5.75 Å². The maximum atomic E-state index is 14.4. The van der Waals surface area contributed by atoms with E-state index in [9.17, 15) is 22.4 Å². The van der Waals surface area contributed by atoms with Gasteiger partial charge in [-0.15, -0.1) is 0 Å². The number of benzene rings is 1. The number of hydrogen-bond donors (Lipinski definition) is 0. The normalized spacial score (nSPS) is 21.0. The molecule has 0 saturated carbocycles. The van der Waals surface area contributed by atoms with Crippen molar-refractivity contribution in [3.63, 3.8) is 0 Å². The van der Waals surface area contributed by atoms with Gasteiger partial charge in [-0.05, 0) is 36.6 Å². The molecule has 1 fully saturated rings. The van der Waals surface area contributed by atoms with Crippen molar-refractivity contribution in [1.82, 2.24) is 8.87 Å². The Morgan fingerprint density at radius 1 is 1.20 bits per heavy atom. The van der Waals surface area contributed by atoms with Crippen LogP contribution in [0.3, 0.4) is 0 Å². The highest BCUT2D eigenvalue weighted by Gasteiger charge is 2.39. The molecule has 10 heteroatoms. The molecule has 0 unspecified atom stereocenters. The molecule has 0 radical (unpaired) electrons. The van der Waals surface area contributed by atoms with Crippen LogP contribution < -0.4 is 10.3 Å². The highest BCUT2D eigenvalue weighted by Crippen LogP contribution is 2.37. The molecule has 2 aliphatic heterocycles. The van der Waals surface area contributed by atoms with Crippen LogP contribution in [0.4, 0.5) is 4.39 Å². The Hall–Kier alpha value is -2.72. The molecule has 0 N–H and O–H groups in total. The van der Waals surface area contributed by atoms with E-state index in [2.05, 4.69) is 4.74 Å². The first-order valence-electron chi connectivity index (χ1n) is 9.48. The number of hydrogen-bond acceptors (Lipinski definition) is 6. The Bertz CT molecular complexity index is 1150. The monoisotopic (exact) mass is 436 g/mol. The highest BCUT2D eigenvalue weighted by atomic mass is 32.2. The molecule has 2 aromatic rings. The molecule has 1 aromatic heterocycles. The van der Waals surface area contributed by atoms with Crippen LogP contribution in [0.15, 0.2) is 46.1 Å². The van der Waals surface area contributed by atoms with E-state index in [4.69, 9.17) is 4.74 Å². The summed E-state index contributed by atoms with van der Waals surface area (Å²) in [5.74, 6) is -1.87. The zero-order chi connectivity index (χ0) is 21.5. The molecule has 3 heterocycles. The van der Waals surface area contributed by atoms with Crippen molar-refractivity contribution in [2.45, 2.75) is 23.8 Å². The lowest BCUT2D eigenvalue weighted by Crippen LogP contribution is -2.49. The molecular formula is C20H21FN2O6S. The number of nitrogens with zero attached hydrogens (tertiary/aromatic N) is 2. The van der Waals surface area contributed by atoms with E-state index in [0.717, 1.165) is 18.2 Å². The number of halogens is 1. The quantitative estimate of drug-likeness (QED) is 0.657. The number of carbonyl (C=O) groups excluding carboxylic acids is 1. The summed E-state index contributed by atoms with van der Waals surface area (Å²) in [4.78, 5) is 23.1. The van der Waals surface area contributed by atoms with E-state index in [-0.39, 0.29) is 41.1 Å². The number of aromatic nitrogens is 1. The average Bonchev–Trinajstić information content (AvgIpc) is 2.73. The predicted octanol–water partition coefficient (Wildman–Crippen LogP) is 1.35. The Morgan fingerprint density at radius 3 is 2.73 bits per heavy atom. The molecule has 2 aliphatic rings. The zero-order valence-electron chi connectivity index (χ0n) is 16.3. The van der Waals surface area contributed by atoms with Crippen molar-refractivity contribution in [1.29, 1.82) is 0 Å². The van der Waals surface area contributed by atoms with Gasteiger partial charge in [-0.25, -0.2) is 17.6 Å². The molecule has 160 valence electrons. The molecule has 0 spiro atoms. The first-order valence-corrected chi connectivity index (χ1v) is 10.9. The number of ether oxygens (including phenoxy) is 2. The minimum atomic E-state index is -3.93. The minimum absolute atomic E-state index is 0.0126. The zero-order valence-corrected chi connectivity index (χ0v) is 17.1. The fraction of sp³-hybridized carbons (Fsp3) is 0.400. The van der Waals surface area contributed by atoms with Gasteiger partial charge >= 0.3 is 5.97 Å². The summed E-state index contributed by atoms with van der Waals surface area (Å²) < 4.78 is 53.2. The second kappa shape index (κ2) is 7.84. The number of fused-ring (bicyclic) bond motifs is 4.